The second-order valence-electron chi connectivity index (χ2n) is 3.40. The summed E-state index contributed by atoms with van der Waals surface area (Å²) in [5.74, 6) is -0.600. The van der Waals surface area contributed by atoms with E-state index in [1.165, 1.54) is 18.7 Å². The van der Waals surface area contributed by atoms with Gasteiger partial charge in [-0.3, -0.25) is 9.59 Å². The number of nitrogens with zero attached hydrogens (tertiary/aromatic N) is 2. The molecule has 2 rings (SSSR count). The smallest absolute Gasteiger partial charge is 0.278 e. The maximum absolute atomic E-state index is 11.6. The van der Waals surface area contributed by atoms with E-state index in [0.29, 0.717) is 0 Å². The molecule has 18 heavy (non-hydrogen) atoms. The number of rotatable bonds is 3. The van der Waals surface area contributed by atoms with E-state index in [4.69, 9.17) is 0 Å². The lowest BCUT2D eigenvalue weighted by Gasteiger charge is -1.97. The largest absolute Gasteiger partial charge is 0.312 e. The molecule has 0 unspecified atom stereocenters. The molecule has 1 amide bonds. The third-order valence-corrected chi connectivity index (χ3v) is 2.14. The van der Waals surface area contributed by atoms with E-state index in [2.05, 4.69) is 20.5 Å². The molecule has 1 aromatic heterocycles. The molecule has 0 atom stereocenters. The summed E-state index contributed by atoms with van der Waals surface area (Å²) in [6, 6.07) is 9.27. The first-order valence-electron chi connectivity index (χ1n) is 5.18. The van der Waals surface area contributed by atoms with E-state index in [0.717, 1.165) is 5.56 Å². The first-order valence-corrected chi connectivity index (χ1v) is 5.18. The van der Waals surface area contributed by atoms with Gasteiger partial charge in [0.25, 0.3) is 11.5 Å². The zero-order chi connectivity index (χ0) is 12.8. The fraction of sp³-hybridized carbons (Fsp3) is 0. The SMILES string of the molecule is O=C(N/N=C\c1ccccc1)c1cnc[nH]c1=O. The highest BCUT2D eigenvalue weighted by Gasteiger charge is 2.08. The number of carbonyl (C=O) groups excluding carboxylic acids is 1. The van der Waals surface area contributed by atoms with Crippen LogP contribution in [0.2, 0.25) is 0 Å². The van der Waals surface area contributed by atoms with Gasteiger partial charge in [0.15, 0.2) is 0 Å². The highest BCUT2D eigenvalue weighted by molar-refractivity contribution is 5.94. The molecule has 6 nitrogen and oxygen atoms in total. The van der Waals surface area contributed by atoms with Crippen molar-refractivity contribution in [1.82, 2.24) is 15.4 Å². The van der Waals surface area contributed by atoms with Gasteiger partial charge in [0.05, 0.1) is 12.5 Å². The van der Waals surface area contributed by atoms with E-state index in [1.807, 2.05) is 30.3 Å². The summed E-state index contributed by atoms with van der Waals surface area (Å²) >= 11 is 0. The van der Waals surface area contributed by atoms with E-state index < -0.39 is 11.5 Å². The molecule has 0 radical (unpaired) electrons. The first kappa shape index (κ1) is 11.7. The molecule has 1 heterocycles. The van der Waals surface area contributed by atoms with Crippen molar-refractivity contribution in [2.75, 3.05) is 0 Å². The molecule has 0 aliphatic carbocycles. The van der Waals surface area contributed by atoms with Crippen molar-refractivity contribution in [3.8, 4) is 0 Å². The Bertz CT molecular complexity index is 619. The van der Waals surface area contributed by atoms with Crippen molar-refractivity contribution in [3.63, 3.8) is 0 Å². The number of hydrazone groups is 1. The lowest BCUT2D eigenvalue weighted by Crippen LogP contribution is -2.26. The molecule has 2 aromatic rings. The van der Waals surface area contributed by atoms with Crippen LogP contribution in [0.25, 0.3) is 0 Å². The van der Waals surface area contributed by atoms with Crippen molar-refractivity contribution in [2.45, 2.75) is 0 Å². The second-order valence-corrected chi connectivity index (χ2v) is 3.40. The summed E-state index contributed by atoms with van der Waals surface area (Å²) < 4.78 is 0. The minimum Gasteiger partial charge on any atom is -0.312 e. The highest BCUT2D eigenvalue weighted by Crippen LogP contribution is 1.93. The number of amides is 1. The van der Waals surface area contributed by atoms with Crippen molar-refractivity contribution in [3.05, 3.63) is 64.3 Å². The Morgan fingerprint density at radius 2 is 2.11 bits per heavy atom. The molecule has 0 bridgehead atoms. The summed E-state index contributed by atoms with van der Waals surface area (Å²) in [6.45, 7) is 0. The maximum Gasteiger partial charge on any atom is 0.278 e. The number of aromatic nitrogens is 2. The van der Waals surface area contributed by atoms with Gasteiger partial charge in [0.1, 0.15) is 5.56 Å². The van der Waals surface area contributed by atoms with Crippen LogP contribution in [0.4, 0.5) is 0 Å². The Morgan fingerprint density at radius 3 is 2.83 bits per heavy atom. The van der Waals surface area contributed by atoms with Crippen LogP contribution in [0.1, 0.15) is 15.9 Å². The summed E-state index contributed by atoms with van der Waals surface area (Å²) in [5.41, 5.74) is 2.52. The average molecular weight is 242 g/mol. The Kier molecular flexibility index (Phi) is 3.60. The van der Waals surface area contributed by atoms with Gasteiger partial charge in [0, 0.05) is 6.20 Å². The van der Waals surface area contributed by atoms with Gasteiger partial charge in [-0.25, -0.2) is 10.4 Å². The summed E-state index contributed by atoms with van der Waals surface area (Å²) in [5, 5.41) is 3.75. The van der Waals surface area contributed by atoms with Crippen molar-refractivity contribution in [1.29, 1.82) is 0 Å². The van der Waals surface area contributed by atoms with Gasteiger partial charge in [-0.2, -0.15) is 5.10 Å². The summed E-state index contributed by atoms with van der Waals surface area (Å²) in [6.07, 6.45) is 3.89. The van der Waals surface area contributed by atoms with Crippen LogP contribution < -0.4 is 11.0 Å². The van der Waals surface area contributed by atoms with Crippen molar-refractivity contribution >= 4 is 12.1 Å². The Labute approximate surface area is 102 Å². The average Bonchev–Trinajstić information content (AvgIpc) is 2.40. The second kappa shape index (κ2) is 5.53. The molecule has 0 spiro atoms. The van der Waals surface area contributed by atoms with Crippen LogP contribution in [0.5, 0.6) is 0 Å². The summed E-state index contributed by atoms with van der Waals surface area (Å²) in [7, 11) is 0. The molecule has 1 aromatic carbocycles. The quantitative estimate of drug-likeness (QED) is 0.608. The fourth-order valence-electron chi connectivity index (χ4n) is 1.27. The van der Waals surface area contributed by atoms with E-state index in [-0.39, 0.29) is 5.56 Å². The molecule has 0 aliphatic rings. The van der Waals surface area contributed by atoms with Gasteiger partial charge >= 0.3 is 0 Å². The number of benzene rings is 1. The molecular formula is C12H10N4O2. The lowest BCUT2D eigenvalue weighted by molar-refractivity contribution is 0.0953. The van der Waals surface area contributed by atoms with Crippen LogP contribution in [-0.2, 0) is 0 Å². The predicted molar refractivity (Wildman–Crippen MR) is 66.4 cm³/mol. The first-order chi connectivity index (χ1) is 8.77. The standard InChI is InChI=1S/C12H10N4O2/c17-11-10(7-13-8-14-11)12(18)16-15-6-9-4-2-1-3-5-9/h1-8H,(H,16,18)(H,13,14,17)/b15-6-. The van der Waals surface area contributed by atoms with Crippen molar-refractivity contribution in [2.24, 2.45) is 5.10 Å². The monoisotopic (exact) mass is 242 g/mol. The van der Waals surface area contributed by atoms with Crippen LogP contribution in [-0.4, -0.2) is 22.1 Å². The number of hydrogen-bond donors (Lipinski definition) is 2. The topological polar surface area (TPSA) is 87.2 Å². The van der Waals surface area contributed by atoms with Crippen LogP contribution in [0.15, 0.2) is 52.8 Å². The van der Waals surface area contributed by atoms with E-state index in [9.17, 15) is 9.59 Å². The van der Waals surface area contributed by atoms with Crippen molar-refractivity contribution < 1.29 is 4.79 Å². The molecular weight excluding hydrogens is 232 g/mol. The molecule has 2 N–H and O–H groups in total. The Balaban J connectivity index is 2.04. The van der Waals surface area contributed by atoms with Gasteiger partial charge in [-0.1, -0.05) is 30.3 Å². The van der Waals surface area contributed by atoms with Gasteiger partial charge in [-0.15, -0.1) is 0 Å². The molecule has 90 valence electrons. The Hall–Kier alpha value is -2.76. The van der Waals surface area contributed by atoms with E-state index in [1.54, 1.807) is 0 Å². The number of carbonyl (C=O) groups is 1. The Morgan fingerprint density at radius 1 is 1.33 bits per heavy atom. The number of aromatic amines is 1. The zero-order valence-corrected chi connectivity index (χ0v) is 9.33. The third kappa shape index (κ3) is 2.88. The number of nitrogens with one attached hydrogen (secondary N) is 2. The number of H-pyrrole nitrogens is 1. The zero-order valence-electron chi connectivity index (χ0n) is 9.33. The minimum atomic E-state index is -0.600. The molecule has 6 heteroatoms. The lowest BCUT2D eigenvalue weighted by atomic mass is 10.2. The molecule has 0 fully saturated rings. The van der Waals surface area contributed by atoms with E-state index >= 15 is 0 Å². The van der Waals surface area contributed by atoms with Crippen LogP contribution in [0.3, 0.4) is 0 Å². The van der Waals surface area contributed by atoms with Gasteiger partial charge in [-0.05, 0) is 5.56 Å². The molecule has 0 aliphatic heterocycles. The molecule has 0 saturated carbocycles. The maximum atomic E-state index is 11.6. The highest BCUT2D eigenvalue weighted by atomic mass is 16.2. The van der Waals surface area contributed by atoms with Crippen LogP contribution >= 0.6 is 0 Å². The summed E-state index contributed by atoms with van der Waals surface area (Å²) in [4.78, 5) is 28.8. The van der Waals surface area contributed by atoms with Gasteiger partial charge < -0.3 is 4.98 Å². The fourth-order valence-corrected chi connectivity index (χ4v) is 1.27. The van der Waals surface area contributed by atoms with Crippen LogP contribution in [0, 0.1) is 0 Å². The normalized spacial score (nSPS) is 10.4. The predicted octanol–water partition coefficient (Wildman–Crippen LogP) is 0.534. The third-order valence-electron chi connectivity index (χ3n) is 2.14. The minimum absolute atomic E-state index is 0.0808. The molecule has 0 saturated heterocycles. The van der Waals surface area contributed by atoms with Gasteiger partial charge in [0.2, 0.25) is 0 Å². The number of hydrogen-bond acceptors (Lipinski definition) is 4.